The molecule has 2 aromatic carbocycles. The number of carboxylic acids is 1. The Morgan fingerprint density at radius 2 is 1.83 bits per heavy atom. The molecule has 0 saturated carbocycles. The van der Waals surface area contributed by atoms with E-state index >= 15 is 0 Å². The highest BCUT2D eigenvalue weighted by molar-refractivity contribution is 7.98. The van der Waals surface area contributed by atoms with E-state index in [1.807, 2.05) is 42.9 Å². The Kier molecular flexibility index (Phi) is 6.38. The summed E-state index contributed by atoms with van der Waals surface area (Å²) >= 11 is 1.61. The second-order valence-electron chi connectivity index (χ2n) is 6.71. The van der Waals surface area contributed by atoms with Gasteiger partial charge in [0, 0.05) is 28.6 Å². The number of aliphatic carboxylic acids is 1. The van der Waals surface area contributed by atoms with Crippen LogP contribution in [0.25, 0.3) is 5.69 Å². The maximum absolute atomic E-state index is 14.5. The number of aryl methyl sites for hydroxylation is 1. The minimum absolute atomic E-state index is 0.367. The first-order valence-electron chi connectivity index (χ1n) is 9.19. The summed E-state index contributed by atoms with van der Waals surface area (Å²) in [6.07, 6.45) is 0.827. The van der Waals surface area contributed by atoms with Gasteiger partial charge in [-0.2, -0.15) is 0 Å². The topological polar surface area (TPSA) is 87.7 Å². The van der Waals surface area contributed by atoms with Gasteiger partial charge in [0.25, 0.3) is 5.97 Å². The molecule has 2 N–H and O–H groups in total. The zero-order valence-corrected chi connectivity index (χ0v) is 17.9. The highest BCUT2D eigenvalue weighted by Gasteiger charge is 2.28. The summed E-state index contributed by atoms with van der Waals surface area (Å²) in [4.78, 5) is 19.0. The minimum Gasteiger partial charge on any atom is -0.481 e. The molecule has 3 aromatic rings. The van der Waals surface area contributed by atoms with Gasteiger partial charge in [-0.25, -0.2) is 14.4 Å². The fraction of sp³-hybridized carbons (Fsp3) is 0.227. The van der Waals surface area contributed by atoms with E-state index in [-0.39, 0.29) is 5.82 Å². The Labute approximate surface area is 178 Å². The number of aliphatic hydroxyl groups is 1. The number of thioether (sulfide) groups is 1. The number of aliphatic hydroxyl groups excluding tert-OH is 1. The molecule has 0 aliphatic carbocycles. The number of aromatic nitrogens is 2. The Morgan fingerprint density at radius 1 is 1.17 bits per heavy atom. The van der Waals surface area contributed by atoms with E-state index < -0.39 is 12.2 Å². The van der Waals surface area contributed by atoms with Crippen LogP contribution in [0, 0.1) is 19.7 Å². The predicted octanol–water partition coefficient (Wildman–Crippen LogP) is 4.28. The molecule has 0 fully saturated rings. The lowest BCUT2D eigenvalue weighted by atomic mass is 10.00. The number of aliphatic imine (C=N–C) groups is 1. The summed E-state index contributed by atoms with van der Waals surface area (Å²) in [6, 6.07) is 12.5. The van der Waals surface area contributed by atoms with Crippen LogP contribution >= 0.6 is 11.8 Å². The van der Waals surface area contributed by atoms with E-state index in [1.165, 1.54) is 6.07 Å². The second-order valence-corrected chi connectivity index (χ2v) is 7.59. The summed E-state index contributed by atoms with van der Waals surface area (Å²) in [5, 5.41) is 18.1. The maximum atomic E-state index is 14.5. The van der Waals surface area contributed by atoms with E-state index in [4.69, 9.17) is 9.90 Å². The molecule has 0 spiro atoms. The van der Waals surface area contributed by atoms with Crippen LogP contribution in [-0.4, -0.2) is 37.7 Å². The lowest BCUT2D eigenvalue weighted by molar-refractivity contribution is -0.134. The smallest absolute Gasteiger partial charge is 0.300 e. The molecule has 1 unspecified atom stereocenters. The molecule has 2 heterocycles. The molecule has 1 atom stereocenters. The van der Waals surface area contributed by atoms with E-state index in [2.05, 4.69) is 9.98 Å². The van der Waals surface area contributed by atoms with E-state index in [1.54, 1.807) is 30.0 Å². The van der Waals surface area contributed by atoms with Crippen molar-refractivity contribution in [2.24, 2.45) is 4.99 Å². The molecule has 1 aliphatic heterocycles. The van der Waals surface area contributed by atoms with Crippen LogP contribution in [0.1, 0.15) is 41.5 Å². The van der Waals surface area contributed by atoms with Crippen LogP contribution in [-0.2, 0) is 4.79 Å². The van der Waals surface area contributed by atoms with Crippen LogP contribution in [0.3, 0.4) is 0 Å². The Balaban J connectivity index is 0.000000589. The van der Waals surface area contributed by atoms with Gasteiger partial charge in [0.15, 0.2) is 5.82 Å². The van der Waals surface area contributed by atoms with Gasteiger partial charge in [0.05, 0.1) is 17.1 Å². The van der Waals surface area contributed by atoms with E-state index in [9.17, 15) is 9.50 Å². The lowest BCUT2D eigenvalue weighted by Gasteiger charge is -2.15. The summed E-state index contributed by atoms with van der Waals surface area (Å²) in [5.74, 6) is -0.754. The quantitative estimate of drug-likeness (QED) is 0.596. The van der Waals surface area contributed by atoms with Crippen LogP contribution in [0.5, 0.6) is 0 Å². The average molecular weight is 428 g/mol. The molecule has 0 radical (unpaired) electrons. The molecule has 0 bridgehead atoms. The average Bonchev–Trinajstić information content (AvgIpc) is 2.94. The number of hydrogen-bond donors (Lipinski definition) is 2. The molecular weight excluding hydrogens is 405 g/mol. The van der Waals surface area contributed by atoms with Crippen molar-refractivity contribution in [2.45, 2.75) is 31.9 Å². The molecule has 6 nitrogen and oxygen atoms in total. The van der Waals surface area contributed by atoms with Crippen LogP contribution in [0.2, 0.25) is 0 Å². The third-order valence-electron chi connectivity index (χ3n) is 4.68. The van der Waals surface area contributed by atoms with Gasteiger partial charge in [0.1, 0.15) is 5.82 Å². The minimum atomic E-state index is -1.16. The number of imidazole rings is 1. The summed E-state index contributed by atoms with van der Waals surface area (Å²) in [5.41, 5.74) is 4.19. The zero-order chi connectivity index (χ0) is 22.0. The molecule has 1 aromatic heterocycles. The zero-order valence-electron chi connectivity index (χ0n) is 17.0. The maximum Gasteiger partial charge on any atom is 0.300 e. The van der Waals surface area contributed by atoms with Crippen molar-refractivity contribution in [3.05, 3.63) is 76.6 Å². The van der Waals surface area contributed by atoms with E-state index in [0.717, 1.165) is 34.5 Å². The first-order chi connectivity index (χ1) is 14.2. The van der Waals surface area contributed by atoms with Crippen molar-refractivity contribution in [1.29, 1.82) is 0 Å². The van der Waals surface area contributed by atoms with Gasteiger partial charge in [-0.15, -0.1) is 11.8 Å². The van der Waals surface area contributed by atoms with Gasteiger partial charge >= 0.3 is 0 Å². The predicted molar refractivity (Wildman–Crippen MR) is 115 cm³/mol. The van der Waals surface area contributed by atoms with Gasteiger partial charge in [-0.1, -0.05) is 12.1 Å². The molecule has 4 rings (SSSR count). The van der Waals surface area contributed by atoms with Crippen molar-refractivity contribution in [2.75, 3.05) is 6.26 Å². The Morgan fingerprint density at radius 3 is 2.47 bits per heavy atom. The van der Waals surface area contributed by atoms with Gasteiger partial charge in [0.2, 0.25) is 6.23 Å². The van der Waals surface area contributed by atoms with Crippen molar-refractivity contribution >= 4 is 23.4 Å². The molecule has 1 aliphatic rings. The van der Waals surface area contributed by atoms with Crippen molar-refractivity contribution < 1.29 is 19.4 Å². The number of benzene rings is 2. The number of carbonyl (C=O) groups is 1. The van der Waals surface area contributed by atoms with Crippen LogP contribution in [0.4, 0.5) is 4.39 Å². The van der Waals surface area contributed by atoms with E-state index in [0.29, 0.717) is 17.1 Å². The summed E-state index contributed by atoms with van der Waals surface area (Å²) < 4.78 is 16.4. The summed E-state index contributed by atoms with van der Waals surface area (Å²) in [7, 11) is 0. The molecule has 30 heavy (non-hydrogen) atoms. The number of carboxylic acid groups (broad SMARTS) is 1. The van der Waals surface area contributed by atoms with Crippen molar-refractivity contribution in [3.8, 4) is 5.69 Å². The van der Waals surface area contributed by atoms with Crippen molar-refractivity contribution in [3.63, 3.8) is 0 Å². The van der Waals surface area contributed by atoms with Crippen LogP contribution < -0.4 is 0 Å². The molecule has 0 saturated heterocycles. The number of rotatable bonds is 2. The normalized spacial score (nSPS) is 14.6. The Bertz CT molecular complexity index is 1140. The highest BCUT2D eigenvalue weighted by Crippen LogP contribution is 2.33. The molecule has 0 amide bonds. The van der Waals surface area contributed by atoms with Crippen LogP contribution in [0.15, 0.2) is 52.4 Å². The fourth-order valence-electron chi connectivity index (χ4n) is 3.26. The fourth-order valence-corrected chi connectivity index (χ4v) is 3.70. The molecular formula is C22H22FN3O3S. The SMILES string of the molecule is CC(=O)O.CSc1ccc2c(c1)C(c1ccccc1F)=NC(O)c1nc(C)c(C)n1-2. The lowest BCUT2D eigenvalue weighted by Crippen LogP contribution is -2.10. The Hall–Kier alpha value is -2.97. The monoisotopic (exact) mass is 427 g/mol. The standard InChI is InChI=1S/C20H18FN3OS.C2H4O2/c1-11-12(2)24-17-9-8-13(26-3)10-15(17)18(23-20(25)19(24)22-11)14-6-4-5-7-16(14)21;1-2(3)4/h4-10,20,25H,1-3H3;1H3,(H,3,4). The number of hydrogen-bond acceptors (Lipinski definition) is 5. The first-order valence-corrected chi connectivity index (χ1v) is 10.4. The van der Waals surface area contributed by atoms with Crippen molar-refractivity contribution in [1.82, 2.24) is 9.55 Å². The number of fused-ring (bicyclic) bond motifs is 3. The van der Waals surface area contributed by atoms with Gasteiger partial charge in [-0.05, 0) is 50.4 Å². The first kappa shape index (κ1) is 21.7. The molecule has 8 heteroatoms. The largest absolute Gasteiger partial charge is 0.481 e. The molecule has 156 valence electrons. The number of nitrogens with zero attached hydrogens (tertiary/aromatic N) is 3. The highest BCUT2D eigenvalue weighted by atomic mass is 32.2. The van der Waals surface area contributed by atoms with Gasteiger partial charge in [-0.3, -0.25) is 9.36 Å². The number of halogens is 1. The third kappa shape index (κ3) is 4.15. The second kappa shape index (κ2) is 8.81. The third-order valence-corrected chi connectivity index (χ3v) is 5.41. The van der Waals surface area contributed by atoms with Gasteiger partial charge < -0.3 is 10.2 Å². The summed E-state index contributed by atoms with van der Waals surface area (Å²) in [6.45, 7) is 4.94.